The van der Waals surface area contributed by atoms with Gasteiger partial charge in [-0.2, -0.15) is 0 Å². The standard InChI is InChI=1S/C28H35N3O6/c1-5-16-29-25(35)23-27(3,4)22(33)17-31(23)26(36)28(37,15-14-19-10-7-6-8-11-19)30-24(34)20-12-9-13-21(32)18(20)2/h5-13,22-23,32-33,37H,1,14-17H2,2-4H3,(H,29,35)(H,30,34)/t22-,23?,28+/m1/s1. The number of likely N-dealkylation sites (tertiary alicyclic amines) is 1. The number of phenols is 1. The lowest BCUT2D eigenvalue weighted by Crippen LogP contribution is -2.63. The molecule has 3 amide bonds. The van der Waals surface area contributed by atoms with Gasteiger partial charge in [-0.05, 0) is 31.0 Å². The summed E-state index contributed by atoms with van der Waals surface area (Å²) >= 11 is 0. The highest BCUT2D eigenvalue weighted by atomic mass is 16.3. The number of carbonyl (C=O) groups excluding carboxylic acids is 3. The quantitative estimate of drug-likeness (QED) is 0.257. The van der Waals surface area contributed by atoms with Crippen molar-refractivity contribution in [2.24, 2.45) is 5.41 Å². The Labute approximate surface area is 216 Å². The van der Waals surface area contributed by atoms with E-state index in [9.17, 15) is 29.7 Å². The molecule has 198 valence electrons. The molecule has 0 radical (unpaired) electrons. The summed E-state index contributed by atoms with van der Waals surface area (Å²) in [6, 6.07) is 12.4. The number of benzene rings is 2. The van der Waals surface area contributed by atoms with Crippen molar-refractivity contribution in [3.05, 3.63) is 77.9 Å². The number of β-amino-alcohol motifs (C(OH)–C–C–N with tert-alkyl or cyclic N) is 1. The number of aromatic hydroxyl groups is 1. The van der Waals surface area contributed by atoms with Crippen molar-refractivity contribution in [3.63, 3.8) is 0 Å². The SMILES string of the molecule is C=CCNC(=O)C1N(C(=O)[C@@](O)(CCc2ccccc2)NC(=O)c2cccc(O)c2C)C[C@@H](O)C1(C)C. The third-order valence-electron chi connectivity index (χ3n) is 7.02. The second kappa shape index (κ2) is 11.1. The van der Waals surface area contributed by atoms with Crippen LogP contribution in [0.3, 0.4) is 0 Å². The molecule has 1 aliphatic heterocycles. The number of amides is 3. The number of nitrogens with zero attached hydrogens (tertiary/aromatic N) is 1. The fourth-order valence-electron chi connectivity index (χ4n) is 4.61. The maximum Gasteiger partial charge on any atom is 0.276 e. The van der Waals surface area contributed by atoms with Gasteiger partial charge in [0.1, 0.15) is 11.8 Å². The molecule has 0 bridgehead atoms. The molecule has 1 saturated heterocycles. The van der Waals surface area contributed by atoms with E-state index in [1.165, 1.54) is 24.3 Å². The van der Waals surface area contributed by atoms with Gasteiger partial charge < -0.3 is 30.9 Å². The molecule has 0 spiro atoms. The predicted octanol–water partition coefficient (Wildman–Crippen LogP) is 1.65. The van der Waals surface area contributed by atoms with E-state index < -0.39 is 41.0 Å². The van der Waals surface area contributed by atoms with Crippen LogP contribution in [0.2, 0.25) is 0 Å². The number of phenolic OH excluding ortho intramolecular Hbond substituents is 1. The van der Waals surface area contributed by atoms with E-state index >= 15 is 0 Å². The van der Waals surface area contributed by atoms with Crippen LogP contribution in [0.1, 0.15) is 41.8 Å². The van der Waals surface area contributed by atoms with Crippen molar-refractivity contribution < 1.29 is 29.7 Å². The Morgan fingerprint density at radius 2 is 1.84 bits per heavy atom. The van der Waals surface area contributed by atoms with Gasteiger partial charge in [0.05, 0.1) is 6.10 Å². The molecule has 1 heterocycles. The fourth-order valence-corrected chi connectivity index (χ4v) is 4.61. The number of aliphatic hydroxyl groups is 2. The zero-order valence-electron chi connectivity index (χ0n) is 21.4. The minimum atomic E-state index is -2.40. The average molecular weight is 510 g/mol. The van der Waals surface area contributed by atoms with Gasteiger partial charge in [-0.25, -0.2) is 0 Å². The minimum Gasteiger partial charge on any atom is -0.508 e. The summed E-state index contributed by atoms with van der Waals surface area (Å²) in [6.45, 7) is 8.43. The fraction of sp³-hybridized carbons (Fsp3) is 0.393. The monoisotopic (exact) mass is 509 g/mol. The number of nitrogens with one attached hydrogen (secondary N) is 2. The van der Waals surface area contributed by atoms with E-state index in [0.29, 0.717) is 0 Å². The van der Waals surface area contributed by atoms with Gasteiger partial charge in [0, 0.05) is 36.1 Å². The Morgan fingerprint density at radius 1 is 1.16 bits per heavy atom. The molecule has 37 heavy (non-hydrogen) atoms. The zero-order chi connectivity index (χ0) is 27.4. The summed E-state index contributed by atoms with van der Waals surface area (Å²) in [7, 11) is 0. The van der Waals surface area contributed by atoms with Crippen molar-refractivity contribution in [2.75, 3.05) is 13.1 Å². The molecule has 3 rings (SSSR count). The third kappa shape index (κ3) is 5.84. The molecule has 1 fully saturated rings. The van der Waals surface area contributed by atoms with E-state index in [2.05, 4.69) is 17.2 Å². The maximum absolute atomic E-state index is 13.9. The van der Waals surface area contributed by atoms with Crippen LogP contribution in [0.15, 0.2) is 61.2 Å². The molecule has 1 aliphatic rings. The van der Waals surface area contributed by atoms with Gasteiger partial charge in [-0.3, -0.25) is 14.4 Å². The molecule has 9 heteroatoms. The first-order valence-electron chi connectivity index (χ1n) is 12.2. The van der Waals surface area contributed by atoms with E-state index in [4.69, 9.17) is 0 Å². The highest BCUT2D eigenvalue weighted by Gasteiger charge is 2.56. The van der Waals surface area contributed by atoms with Crippen molar-refractivity contribution in [2.45, 2.75) is 51.5 Å². The lowest BCUT2D eigenvalue weighted by Gasteiger charge is -2.37. The highest BCUT2D eigenvalue weighted by molar-refractivity contribution is 6.01. The molecule has 0 aliphatic carbocycles. The van der Waals surface area contributed by atoms with Crippen LogP contribution in [0.25, 0.3) is 0 Å². The molecule has 0 saturated carbocycles. The molecule has 0 aromatic heterocycles. The summed E-state index contributed by atoms with van der Waals surface area (Å²) in [5.41, 5.74) is -2.21. The second-order valence-electron chi connectivity index (χ2n) is 9.98. The van der Waals surface area contributed by atoms with Gasteiger partial charge in [0.2, 0.25) is 11.6 Å². The van der Waals surface area contributed by atoms with Crippen LogP contribution in [0.4, 0.5) is 0 Å². The third-order valence-corrected chi connectivity index (χ3v) is 7.02. The molecule has 2 aromatic rings. The van der Waals surface area contributed by atoms with Crippen molar-refractivity contribution in [1.82, 2.24) is 15.5 Å². The average Bonchev–Trinajstić information content (AvgIpc) is 3.11. The van der Waals surface area contributed by atoms with Crippen LogP contribution in [-0.2, 0) is 16.0 Å². The Kier molecular flexibility index (Phi) is 8.40. The van der Waals surface area contributed by atoms with Gasteiger partial charge in [0.25, 0.3) is 11.8 Å². The van der Waals surface area contributed by atoms with Crippen molar-refractivity contribution in [3.8, 4) is 5.75 Å². The topological polar surface area (TPSA) is 139 Å². The van der Waals surface area contributed by atoms with Crippen LogP contribution >= 0.6 is 0 Å². The van der Waals surface area contributed by atoms with Gasteiger partial charge in [-0.15, -0.1) is 6.58 Å². The van der Waals surface area contributed by atoms with Crippen LogP contribution < -0.4 is 10.6 Å². The molecule has 5 N–H and O–H groups in total. The Morgan fingerprint density at radius 3 is 2.49 bits per heavy atom. The van der Waals surface area contributed by atoms with Gasteiger partial charge in [0.15, 0.2) is 0 Å². The van der Waals surface area contributed by atoms with Crippen LogP contribution in [0, 0.1) is 12.3 Å². The number of hydrogen-bond acceptors (Lipinski definition) is 6. The molecular formula is C28H35N3O6. The summed E-state index contributed by atoms with van der Waals surface area (Å²) in [4.78, 5) is 41.3. The molecular weight excluding hydrogens is 474 g/mol. The number of aliphatic hydroxyl groups excluding tert-OH is 1. The summed E-state index contributed by atoms with van der Waals surface area (Å²) in [5, 5.41) is 37.6. The van der Waals surface area contributed by atoms with Crippen molar-refractivity contribution >= 4 is 17.7 Å². The minimum absolute atomic E-state index is 0.0907. The van der Waals surface area contributed by atoms with Crippen LogP contribution in [-0.4, -0.2) is 68.9 Å². The number of hydrogen-bond donors (Lipinski definition) is 5. The number of rotatable bonds is 9. The number of carbonyl (C=O) groups is 3. The normalized spacial score (nSPS) is 20.1. The molecule has 3 atom stereocenters. The highest BCUT2D eigenvalue weighted by Crippen LogP contribution is 2.38. The summed E-state index contributed by atoms with van der Waals surface area (Å²) in [5.74, 6) is -2.27. The first-order valence-corrected chi connectivity index (χ1v) is 12.2. The first-order chi connectivity index (χ1) is 17.4. The Bertz CT molecular complexity index is 1170. The zero-order valence-corrected chi connectivity index (χ0v) is 21.4. The van der Waals surface area contributed by atoms with Gasteiger partial charge >= 0.3 is 0 Å². The lowest BCUT2D eigenvalue weighted by atomic mass is 9.82. The maximum atomic E-state index is 13.9. The van der Waals surface area contributed by atoms with E-state index in [0.717, 1.165) is 10.5 Å². The first kappa shape index (κ1) is 27.9. The number of aryl methyl sites for hydroxylation is 1. The summed E-state index contributed by atoms with van der Waals surface area (Å²) < 4.78 is 0. The Balaban J connectivity index is 1.98. The van der Waals surface area contributed by atoms with Crippen molar-refractivity contribution in [1.29, 1.82) is 0 Å². The molecule has 2 aromatic carbocycles. The molecule has 1 unspecified atom stereocenters. The largest absolute Gasteiger partial charge is 0.508 e. The van der Waals surface area contributed by atoms with E-state index in [-0.39, 0.29) is 42.8 Å². The molecule has 9 nitrogen and oxygen atoms in total. The lowest BCUT2D eigenvalue weighted by molar-refractivity contribution is -0.159. The van der Waals surface area contributed by atoms with E-state index in [1.54, 1.807) is 20.8 Å². The smallest absolute Gasteiger partial charge is 0.276 e. The van der Waals surface area contributed by atoms with Gasteiger partial charge in [-0.1, -0.05) is 56.3 Å². The van der Waals surface area contributed by atoms with E-state index in [1.807, 2.05) is 30.3 Å². The Hall–Kier alpha value is -3.69. The summed E-state index contributed by atoms with van der Waals surface area (Å²) in [6.07, 6.45) is 0.512. The van der Waals surface area contributed by atoms with Crippen LogP contribution in [0.5, 0.6) is 5.75 Å². The predicted molar refractivity (Wildman–Crippen MR) is 139 cm³/mol. The second-order valence-corrected chi connectivity index (χ2v) is 9.98.